The van der Waals surface area contributed by atoms with E-state index in [2.05, 4.69) is 0 Å². The highest BCUT2D eigenvalue weighted by atomic mass is 16.5. The molecule has 1 saturated carbocycles. The van der Waals surface area contributed by atoms with E-state index in [1.807, 2.05) is 25.1 Å². The van der Waals surface area contributed by atoms with E-state index in [0.29, 0.717) is 28.7 Å². The molecular weight excluding hydrogens is 468 g/mol. The van der Waals surface area contributed by atoms with Crippen LogP contribution < -0.4 is 23.7 Å². The molecule has 0 heterocycles. The number of benzene rings is 2. The third-order valence-corrected chi connectivity index (χ3v) is 7.21. The molecule has 9 nitrogen and oxygen atoms in total. The minimum Gasteiger partial charge on any atom is -0.493 e. The van der Waals surface area contributed by atoms with Crippen molar-refractivity contribution in [2.24, 2.45) is 11.3 Å². The van der Waals surface area contributed by atoms with Gasteiger partial charge in [0.15, 0.2) is 28.4 Å². The van der Waals surface area contributed by atoms with Crippen molar-refractivity contribution in [2.75, 3.05) is 49.8 Å². The molecule has 0 aromatic heterocycles. The summed E-state index contributed by atoms with van der Waals surface area (Å²) >= 11 is 0. The first kappa shape index (κ1) is 27.0. The summed E-state index contributed by atoms with van der Waals surface area (Å²) in [5.74, 6) is 0.0906. The zero-order chi connectivity index (χ0) is 26.6. The van der Waals surface area contributed by atoms with Gasteiger partial charge >= 0.3 is 11.9 Å². The maximum atomic E-state index is 13.4. The van der Waals surface area contributed by atoms with Crippen molar-refractivity contribution >= 4 is 11.9 Å². The van der Waals surface area contributed by atoms with E-state index < -0.39 is 23.3 Å². The van der Waals surface area contributed by atoms with Crippen LogP contribution in [-0.4, -0.2) is 61.7 Å². The molecule has 3 rings (SSSR count). The van der Waals surface area contributed by atoms with E-state index in [-0.39, 0.29) is 18.3 Å². The predicted molar refractivity (Wildman–Crippen MR) is 131 cm³/mol. The van der Waals surface area contributed by atoms with E-state index in [1.54, 1.807) is 33.5 Å². The van der Waals surface area contributed by atoms with Gasteiger partial charge in [0, 0.05) is 5.92 Å². The number of methoxy groups -OCH3 is 7. The maximum Gasteiger partial charge on any atom is 0.323 e. The van der Waals surface area contributed by atoms with Gasteiger partial charge in [0.2, 0.25) is 5.75 Å². The second kappa shape index (κ2) is 11.0. The van der Waals surface area contributed by atoms with Crippen LogP contribution in [0.4, 0.5) is 0 Å². The van der Waals surface area contributed by atoms with Gasteiger partial charge in [-0.2, -0.15) is 0 Å². The van der Waals surface area contributed by atoms with Gasteiger partial charge in [-0.05, 0) is 53.6 Å². The van der Waals surface area contributed by atoms with Crippen LogP contribution in [0.5, 0.6) is 28.7 Å². The molecule has 2 aromatic carbocycles. The number of ether oxygens (including phenoxy) is 7. The lowest BCUT2D eigenvalue weighted by atomic mass is 9.71. The largest absolute Gasteiger partial charge is 0.493 e. The summed E-state index contributed by atoms with van der Waals surface area (Å²) in [6, 6.07) is 9.07. The summed E-state index contributed by atoms with van der Waals surface area (Å²) in [5.41, 5.74) is -0.0313. The van der Waals surface area contributed by atoms with Gasteiger partial charge in [-0.3, -0.25) is 9.59 Å². The lowest BCUT2D eigenvalue weighted by Gasteiger charge is -2.32. The fourth-order valence-electron chi connectivity index (χ4n) is 5.58. The first-order valence-electron chi connectivity index (χ1n) is 11.5. The number of carbonyl (C=O) groups excluding carboxylic acids is 2. The highest BCUT2D eigenvalue weighted by Crippen LogP contribution is 2.61. The van der Waals surface area contributed by atoms with E-state index >= 15 is 0 Å². The van der Waals surface area contributed by atoms with Crippen molar-refractivity contribution in [1.82, 2.24) is 0 Å². The highest BCUT2D eigenvalue weighted by Gasteiger charge is 2.63. The molecule has 0 N–H and O–H groups in total. The average molecular weight is 503 g/mol. The Kier molecular flexibility index (Phi) is 8.22. The summed E-state index contributed by atoms with van der Waals surface area (Å²) in [5, 5.41) is 0. The zero-order valence-electron chi connectivity index (χ0n) is 22.0. The summed E-state index contributed by atoms with van der Waals surface area (Å²) < 4.78 is 37.9. The van der Waals surface area contributed by atoms with Crippen molar-refractivity contribution in [3.8, 4) is 28.7 Å². The Morgan fingerprint density at radius 1 is 0.694 bits per heavy atom. The van der Waals surface area contributed by atoms with Crippen molar-refractivity contribution < 1.29 is 42.7 Å². The fraction of sp³-hybridized carbons (Fsp3) is 0.481. The van der Waals surface area contributed by atoms with E-state index in [1.165, 1.54) is 28.4 Å². The van der Waals surface area contributed by atoms with Gasteiger partial charge in [-0.1, -0.05) is 13.0 Å². The fourth-order valence-corrected chi connectivity index (χ4v) is 5.58. The van der Waals surface area contributed by atoms with Crippen LogP contribution in [0.15, 0.2) is 30.3 Å². The zero-order valence-corrected chi connectivity index (χ0v) is 22.0. The minimum atomic E-state index is -1.59. The summed E-state index contributed by atoms with van der Waals surface area (Å²) in [6.07, 6.45) is 0.158. The Balaban J connectivity index is 2.27. The average Bonchev–Trinajstić information content (AvgIpc) is 3.24. The molecule has 1 fully saturated rings. The highest BCUT2D eigenvalue weighted by molar-refractivity contribution is 6.02. The van der Waals surface area contributed by atoms with Crippen LogP contribution in [0.25, 0.3) is 0 Å². The Bertz CT molecular complexity index is 1070. The van der Waals surface area contributed by atoms with Crippen molar-refractivity contribution in [2.45, 2.75) is 25.2 Å². The van der Waals surface area contributed by atoms with Crippen LogP contribution in [-0.2, 0) is 19.1 Å². The molecule has 36 heavy (non-hydrogen) atoms. The van der Waals surface area contributed by atoms with E-state index in [0.717, 1.165) is 11.1 Å². The van der Waals surface area contributed by atoms with Crippen LogP contribution in [0, 0.1) is 11.3 Å². The number of carbonyl (C=O) groups is 2. The smallest absolute Gasteiger partial charge is 0.323 e. The van der Waals surface area contributed by atoms with Gasteiger partial charge < -0.3 is 33.2 Å². The molecule has 3 atom stereocenters. The normalized spacial score (nSPS) is 20.3. The SMILES string of the molecule is COC(=O)C1(C(=O)OC)CC(c2cc(OC)c(OC)c(OC)c2)C(C)C1c1ccc(OC)c(OC)c1. The molecule has 1 aliphatic rings. The standard InChI is InChI=1S/C27H34O9/c1-15-18(17-12-21(32-4)24(34-6)22(13-17)33-5)14-27(25(28)35-7,26(29)36-8)23(15)16-9-10-19(30-2)20(11-16)31-3/h9-13,15,18,23H,14H2,1-8H3. The lowest BCUT2D eigenvalue weighted by Crippen LogP contribution is -2.44. The van der Waals surface area contributed by atoms with Crippen LogP contribution in [0.2, 0.25) is 0 Å². The van der Waals surface area contributed by atoms with Gasteiger partial charge in [0.05, 0.1) is 49.8 Å². The Labute approximate surface area is 211 Å². The van der Waals surface area contributed by atoms with Crippen LogP contribution in [0.3, 0.4) is 0 Å². The molecule has 0 radical (unpaired) electrons. The summed E-state index contributed by atoms with van der Waals surface area (Å²) in [6.45, 7) is 2.00. The number of rotatable bonds is 9. The van der Waals surface area contributed by atoms with E-state index in [9.17, 15) is 9.59 Å². The molecule has 0 aliphatic heterocycles. The molecule has 1 aliphatic carbocycles. The third-order valence-electron chi connectivity index (χ3n) is 7.21. The van der Waals surface area contributed by atoms with Crippen LogP contribution in [0.1, 0.15) is 36.3 Å². The molecule has 3 unspecified atom stereocenters. The van der Waals surface area contributed by atoms with E-state index in [4.69, 9.17) is 33.2 Å². The first-order chi connectivity index (χ1) is 17.3. The molecule has 0 amide bonds. The second-order valence-corrected chi connectivity index (χ2v) is 8.68. The van der Waals surface area contributed by atoms with Crippen molar-refractivity contribution in [3.63, 3.8) is 0 Å². The summed E-state index contributed by atoms with van der Waals surface area (Å²) in [4.78, 5) is 26.8. The lowest BCUT2D eigenvalue weighted by molar-refractivity contribution is -0.170. The molecular formula is C27H34O9. The predicted octanol–water partition coefficient (Wildman–Crippen LogP) is 3.97. The molecule has 0 spiro atoms. The molecule has 2 aromatic rings. The van der Waals surface area contributed by atoms with Gasteiger partial charge in [0.25, 0.3) is 0 Å². The second-order valence-electron chi connectivity index (χ2n) is 8.68. The minimum absolute atomic E-state index is 0.158. The van der Waals surface area contributed by atoms with Crippen molar-refractivity contribution in [1.29, 1.82) is 0 Å². The molecule has 0 saturated heterocycles. The van der Waals surface area contributed by atoms with Gasteiger partial charge in [-0.25, -0.2) is 0 Å². The van der Waals surface area contributed by atoms with Crippen molar-refractivity contribution in [3.05, 3.63) is 41.5 Å². The Morgan fingerprint density at radius 2 is 1.19 bits per heavy atom. The Hall–Kier alpha value is -3.62. The van der Waals surface area contributed by atoms with Gasteiger partial charge in [0.1, 0.15) is 0 Å². The monoisotopic (exact) mass is 502 g/mol. The van der Waals surface area contributed by atoms with Crippen LogP contribution >= 0.6 is 0 Å². The topological polar surface area (TPSA) is 98.8 Å². The molecule has 0 bridgehead atoms. The number of hydrogen-bond donors (Lipinski definition) is 0. The quantitative estimate of drug-likeness (QED) is 0.373. The first-order valence-corrected chi connectivity index (χ1v) is 11.5. The number of esters is 2. The Morgan fingerprint density at radius 3 is 1.64 bits per heavy atom. The third kappa shape index (κ3) is 4.27. The summed E-state index contributed by atoms with van der Waals surface area (Å²) in [7, 11) is 10.2. The molecule has 196 valence electrons. The maximum absolute atomic E-state index is 13.4. The van der Waals surface area contributed by atoms with Gasteiger partial charge in [-0.15, -0.1) is 0 Å². The molecule has 9 heteroatoms. The number of hydrogen-bond acceptors (Lipinski definition) is 9.